The third-order valence-electron chi connectivity index (χ3n) is 3.85. The monoisotopic (exact) mass is 316 g/mol. The molecule has 22 heavy (non-hydrogen) atoms. The van der Waals surface area contributed by atoms with Gasteiger partial charge in [-0.2, -0.15) is 10.2 Å². The number of aryl methyl sites for hydroxylation is 1. The van der Waals surface area contributed by atoms with Crippen LogP contribution in [0, 0.1) is 6.92 Å². The fraction of sp³-hybridized carbons (Fsp3) is 0.286. The van der Waals surface area contributed by atoms with E-state index in [1.54, 1.807) is 28.0 Å². The summed E-state index contributed by atoms with van der Waals surface area (Å²) in [6, 6.07) is 1.85. The van der Waals surface area contributed by atoms with E-state index in [4.69, 9.17) is 11.6 Å². The molecule has 1 aliphatic rings. The number of halogens is 1. The molecule has 112 valence electrons. The number of carbonyl (C=O) groups excluding carboxylic acids is 1. The Labute approximate surface area is 131 Å². The lowest BCUT2D eigenvalue weighted by molar-refractivity contribution is 0.0708. The van der Waals surface area contributed by atoms with Crippen molar-refractivity contribution in [2.75, 3.05) is 6.54 Å². The van der Waals surface area contributed by atoms with Crippen molar-refractivity contribution in [3.8, 4) is 0 Å². The van der Waals surface area contributed by atoms with Crippen molar-refractivity contribution in [1.82, 2.24) is 29.3 Å². The standard InChI is InChI=1S/C14H13ClN6O/c1-9-2-3-21-13(18-9)10(6-16-21)14(22)19-4-5-20-12(8-19)11(15)7-17-20/h2-3,6-7H,4-5,8H2,1H3. The van der Waals surface area contributed by atoms with Gasteiger partial charge < -0.3 is 4.90 Å². The highest BCUT2D eigenvalue weighted by atomic mass is 35.5. The highest BCUT2D eigenvalue weighted by molar-refractivity contribution is 6.31. The molecular weight excluding hydrogens is 304 g/mol. The zero-order chi connectivity index (χ0) is 15.3. The fourth-order valence-corrected chi connectivity index (χ4v) is 2.87. The minimum atomic E-state index is -0.0865. The highest BCUT2D eigenvalue weighted by Gasteiger charge is 2.26. The van der Waals surface area contributed by atoms with Crippen molar-refractivity contribution in [2.45, 2.75) is 20.0 Å². The SMILES string of the molecule is Cc1ccn2ncc(C(=O)N3CCn4ncc(Cl)c4C3)c2n1. The summed E-state index contributed by atoms with van der Waals surface area (Å²) < 4.78 is 3.45. The first-order valence-electron chi connectivity index (χ1n) is 6.94. The molecule has 0 fully saturated rings. The van der Waals surface area contributed by atoms with Gasteiger partial charge in [0, 0.05) is 18.4 Å². The zero-order valence-electron chi connectivity index (χ0n) is 11.9. The molecule has 3 aromatic rings. The summed E-state index contributed by atoms with van der Waals surface area (Å²) in [5, 5.41) is 8.97. The Morgan fingerprint density at radius 2 is 2.14 bits per heavy atom. The smallest absolute Gasteiger partial charge is 0.259 e. The molecule has 8 heteroatoms. The van der Waals surface area contributed by atoms with Gasteiger partial charge in [0.25, 0.3) is 5.91 Å². The lowest BCUT2D eigenvalue weighted by Gasteiger charge is -2.27. The minimum absolute atomic E-state index is 0.0865. The molecule has 3 aromatic heterocycles. The van der Waals surface area contributed by atoms with Gasteiger partial charge in [-0.05, 0) is 13.0 Å². The van der Waals surface area contributed by atoms with Crippen LogP contribution in [0.15, 0.2) is 24.7 Å². The number of amides is 1. The van der Waals surface area contributed by atoms with Crippen molar-refractivity contribution in [3.63, 3.8) is 0 Å². The van der Waals surface area contributed by atoms with Crippen LogP contribution in [0.1, 0.15) is 21.7 Å². The summed E-state index contributed by atoms with van der Waals surface area (Å²) in [5.74, 6) is -0.0865. The molecule has 0 spiro atoms. The van der Waals surface area contributed by atoms with Crippen molar-refractivity contribution in [2.24, 2.45) is 0 Å². The first kappa shape index (κ1) is 13.3. The average Bonchev–Trinajstić information content (AvgIpc) is 3.10. The summed E-state index contributed by atoms with van der Waals surface area (Å²) in [6.07, 6.45) is 4.99. The van der Waals surface area contributed by atoms with Crippen LogP contribution in [0.2, 0.25) is 5.02 Å². The molecule has 4 heterocycles. The van der Waals surface area contributed by atoms with E-state index in [1.165, 1.54) is 0 Å². The molecule has 0 atom stereocenters. The zero-order valence-corrected chi connectivity index (χ0v) is 12.7. The molecule has 0 aromatic carbocycles. The Morgan fingerprint density at radius 3 is 3.00 bits per heavy atom. The molecule has 0 saturated heterocycles. The van der Waals surface area contributed by atoms with Crippen molar-refractivity contribution in [1.29, 1.82) is 0 Å². The summed E-state index contributed by atoms with van der Waals surface area (Å²) in [7, 11) is 0. The van der Waals surface area contributed by atoms with Crippen molar-refractivity contribution < 1.29 is 4.79 Å². The summed E-state index contributed by atoms with van der Waals surface area (Å²) in [6.45, 7) is 3.56. The normalized spacial score (nSPS) is 14.4. The minimum Gasteiger partial charge on any atom is -0.331 e. The molecule has 0 aliphatic carbocycles. The van der Waals surface area contributed by atoms with Gasteiger partial charge in [-0.3, -0.25) is 9.48 Å². The molecule has 4 rings (SSSR count). The highest BCUT2D eigenvalue weighted by Crippen LogP contribution is 2.22. The molecule has 0 unspecified atom stereocenters. The van der Waals surface area contributed by atoms with E-state index in [-0.39, 0.29) is 5.91 Å². The van der Waals surface area contributed by atoms with Crippen molar-refractivity contribution in [3.05, 3.63) is 46.6 Å². The van der Waals surface area contributed by atoms with Crippen LogP contribution in [0.5, 0.6) is 0 Å². The fourth-order valence-electron chi connectivity index (χ4n) is 2.67. The molecule has 7 nitrogen and oxygen atoms in total. The van der Waals surface area contributed by atoms with E-state index in [9.17, 15) is 4.79 Å². The van der Waals surface area contributed by atoms with E-state index in [0.717, 1.165) is 11.4 Å². The first-order valence-corrected chi connectivity index (χ1v) is 7.32. The van der Waals surface area contributed by atoms with Gasteiger partial charge in [0.05, 0.1) is 36.2 Å². The number of fused-ring (bicyclic) bond motifs is 2. The Kier molecular flexibility index (Phi) is 2.90. The first-order chi connectivity index (χ1) is 10.6. The molecular formula is C14H13ClN6O. The van der Waals surface area contributed by atoms with Crippen LogP contribution in [-0.2, 0) is 13.1 Å². The Morgan fingerprint density at radius 1 is 1.27 bits per heavy atom. The Bertz CT molecular complexity index is 883. The molecule has 0 N–H and O–H groups in total. The average molecular weight is 317 g/mol. The second-order valence-electron chi connectivity index (χ2n) is 5.28. The number of carbonyl (C=O) groups is 1. The topological polar surface area (TPSA) is 68.3 Å². The summed E-state index contributed by atoms with van der Waals surface area (Å²) in [4.78, 5) is 19.0. The van der Waals surface area contributed by atoms with Crippen molar-refractivity contribution >= 4 is 23.2 Å². The molecule has 0 bridgehead atoms. The second-order valence-corrected chi connectivity index (χ2v) is 5.69. The second kappa shape index (κ2) is 4.81. The van der Waals surface area contributed by atoms with Crippen LogP contribution in [-0.4, -0.2) is 41.7 Å². The van der Waals surface area contributed by atoms with Crippen LogP contribution in [0.4, 0.5) is 0 Å². The quantitative estimate of drug-likeness (QED) is 0.683. The maximum Gasteiger partial charge on any atom is 0.259 e. The van der Waals surface area contributed by atoms with E-state index < -0.39 is 0 Å². The third kappa shape index (κ3) is 1.97. The largest absolute Gasteiger partial charge is 0.331 e. The number of nitrogens with zero attached hydrogens (tertiary/aromatic N) is 6. The van der Waals surface area contributed by atoms with Crippen LogP contribution >= 0.6 is 11.6 Å². The lowest BCUT2D eigenvalue weighted by Crippen LogP contribution is -2.38. The van der Waals surface area contributed by atoms with E-state index >= 15 is 0 Å². The van der Waals surface area contributed by atoms with Gasteiger partial charge in [0.1, 0.15) is 5.56 Å². The number of aromatic nitrogens is 5. The van der Waals surface area contributed by atoms with E-state index in [0.29, 0.717) is 35.9 Å². The molecule has 0 radical (unpaired) electrons. The Balaban J connectivity index is 1.69. The van der Waals surface area contributed by atoms with Gasteiger partial charge in [-0.25, -0.2) is 9.50 Å². The van der Waals surface area contributed by atoms with Crippen LogP contribution in [0.25, 0.3) is 5.65 Å². The number of rotatable bonds is 1. The molecule has 1 aliphatic heterocycles. The van der Waals surface area contributed by atoms with Gasteiger partial charge in [-0.15, -0.1) is 0 Å². The number of hydrogen-bond acceptors (Lipinski definition) is 4. The summed E-state index contributed by atoms with van der Waals surface area (Å²) in [5.41, 5.74) is 2.80. The van der Waals surface area contributed by atoms with Gasteiger partial charge >= 0.3 is 0 Å². The van der Waals surface area contributed by atoms with Gasteiger partial charge in [-0.1, -0.05) is 11.6 Å². The van der Waals surface area contributed by atoms with E-state index in [2.05, 4.69) is 15.2 Å². The predicted octanol–water partition coefficient (Wildman–Crippen LogP) is 1.54. The molecule has 1 amide bonds. The maximum absolute atomic E-state index is 12.8. The van der Waals surface area contributed by atoms with Gasteiger partial charge in [0.2, 0.25) is 0 Å². The van der Waals surface area contributed by atoms with Crippen LogP contribution < -0.4 is 0 Å². The lowest BCUT2D eigenvalue weighted by atomic mass is 10.2. The maximum atomic E-state index is 12.8. The Hall–Kier alpha value is -2.41. The third-order valence-corrected chi connectivity index (χ3v) is 4.16. The summed E-state index contributed by atoms with van der Waals surface area (Å²) >= 11 is 6.12. The number of hydrogen-bond donors (Lipinski definition) is 0. The van der Waals surface area contributed by atoms with Gasteiger partial charge in [0.15, 0.2) is 5.65 Å². The predicted molar refractivity (Wildman–Crippen MR) is 79.7 cm³/mol. The van der Waals surface area contributed by atoms with E-state index in [1.807, 2.05) is 17.7 Å². The van der Waals surface area contributed by atoms with Crippen LogP contribution in [0.3, 0.4) is 0 Å². The molecule has 0 saturated carbocycles.